The van der Waals surface area contributed by atoms with Gasteiger partial charge in [-0.1, -0.05) is 28.1 Å². The van der Waals surface area contributed by atoms with Crippen LogP contribution in [0.1, 0.15) is 30.4 Å². The third-order valence-corrected chi connectivity index (χ3v) is 4.79. The van der Waals surface area contributed by atoms with Gasteiger partial charge in [-0.3, -0.25) is 0 Å². The first kappa shape index (κ1) is 11.7. The molecule has 1 aromatic carbocycles. The molecule has 3 unspecified atom stereocenters. The molecule has 2 fully saturated rings. The van der Waals surface area contributed by atoms with Crippen LogP contribution in [0, 0.1) is 6.92 Å². The van der Waals surface area contributed by atoms with Crippen LogP contribution in [0.3, 0.4) is 0 Å². The van der Waals surface area contributed by atoms with Crippen molar-refractivity contribution in [1.29, 1.82) is 0 Å². The number of fused-ring (bicyclic) bond motifs is 2. The van der Waals surface area contributed by atoms with E-state index in [0.29, 0.717) is 18.2 Å². The highest BCUT2D eigenvalue weighted by atomic mass is 79.9. The lowest BCUT2D eigenvalue weighted by atomic mass is 9.95. The van der Waals surface area contributed by atoms with Gasteiger partial charge >= 0.3 is 0 Å². The minimum Gasteiger partial charge on any atom is -0.373 e. The van der Waals surface area contributed by atoms with E-state index < -0.39 is 0 Å². The van der Waals surface area contributed by atoms with Gasteiger partial charge in [-0.05, 0) is 43.4 Å². The summed E-state index contributed by atoms with van der Waals surface area (Å²) in [6.07, 6.45) is 4.70. The predicted molar refractivity (Wildman–Crippen MR) is 72.0 cm³/mol. The van der Waals surface area contributed by atoms with Crippen molar-refractivity contribution in [3.05, 3.63) is 33.8 Å². The third kappa shape index (κ3) is 2.42. The Balaban J connectivity index is 1.59. The molecule has 0 aromatic heterocycles. The molecule has 3 rings (SSSR count). The van der Waals surface area contributed by atoms with Gasteiger partial charge in [0.25, 0.3) is 0 Å². The van der Waals surface area contributed by atoms with Crippen molar-refractivity contribution in [2.75, 3.05) is 0 Å². The second-order valence-electron chi connectivity index (χ2n) is 5.18. The number of aryl methyl sites for hydroxylation is 1. The first-order valence-corrected chi connectivity index (χ1v) is 7.15. The zero-order valence-corrected chi connectivity index (χ0v) is 11.7. The van der Waals surface area contributed by atoms with Crippen LogP contribution in [0.5, 0.6) is 0 Å². The van der Waals surface area contributed by atoms with Gasteiger partial charge in [-0.15, -0.1) is 0 Å². The minimum atomic E-state index is 0.469. The molecule has 2 nitrogen and oxygen atoms in total. The number of nitrogens with one attached hydrogen (secondary N) is 1. The van der Waals surface area contributed by atoms with Gasteiger partial charge in [0.15, 0.2) is 0 Å². The van der Waals surface area contributed by atoms with Gasteiger partial charge in [0.05, 0.1) is 12.2 Å². The number of ether oxygens (including phenoxy) is 1. The number of hydrogen-bond acceptors (Lipinski definition) is 2. The van der Waals surface area contributed by atoms with Crippen molar-refractivity contribution < 1.29 is 4.74 Å². The second-order valence-corrected chi connectivity index (χ2v) is 6.03. The van der Waals surface area contributed by atoms with E-state index in [-0.39, 0.29) is 0 Å². The van der Waals surface area contributed by atoms with Crippen LogP contribution >= 0.6 is 15.9 Å². The fourth-order valence-electron chi connectivity index (χ4n) is 2.92. The zero-order valence-electron chi connectivity index (χ0n) is 10.1. The maximum absolute atomic E-state index is 5.85. The summed E-state index contributed by atoms with van der Waals surface area (Å²) < 4.78 is 7.03. The molecule has 1 N–H and O–H groups in total. The Morgan fingerprint density at radius 3 is 2.94 bits per heavy atom. The molecule has 0 spiro atoms. The fourth-order valence-corrected chi connectivity index (χ4v) is 3.16. The molecule has 2 aliphatic rings. The van der Waals surface area contributed by atoms with Gasteiger partial charge in [-0.25, -0.2) is 0 Å². The Morgan fingerprint density at radius 2 is 2.29 bits per heavy atom. The maximum Gasteiger partial charge on any atom is 0.0733 e. The summed E-state index contributed by atoms with van der Waals surface area (Å²) in [4.78, 5) is 0. The van der Waals surface area contributed by atoms with Crippen LogP contribution < -0.4 is 5.32 Å². The SMILES string of the molecule is Cc1cc(CNC2CC3CCC2O3)ccc1Br. The summed E-state index contributed by atoms with van der Waals surface area (Å²) >= 11 is 3.53. The molecule has 2 bridgehead atoms. The van der Waals surface area contributed by atoms with E-state index >= 15 is 0 Å². The third-order valence-electron chi connectivity index (χ3n) is 3.90. The van der Waals surface area contributed by atoms with E-state index in [9.17, 15) is 0 Å². The lowest BCUT2D eigenvalue weighted by Crippen LogP contribution is -2.36. The Kier molecular flexibility index (Phi) is 3.24. The van der Waals surface area contributed by atoms with Crippen molar-refractivity contribution in [3.63, 3.8) is 0 Å². The summed E-state index contributed by atoms with van der Waals surface area (Å²) in [7, 11) is 0. The van der Waals surface area contributed by atoms with Gasteiger partial charge < -0.3 is 10.1 Å². The summed E-state index contributed by atoms with van der Waals surface area (Å²) in [6.45, 7) is 3.08. The number of benzene rings is 1. The molecule has 2 saturated heterocycles. The smallest absolute Gasteiger partial charge is 0.0733 e. The van der Waals surface area contributed by atoms with E-state index in [2.05, 4.69) is 46.4 Å². The van der Waals surface area contributed by atoms with Gasteiger partial charge in [0.2, 0.25) is 0 Å². The van der Waals surface area contributed by atoms with Crippen molar-refractivity contribution in [1.82, 2.24) is 5.32 Å². The molecule has 92 valence electrons. The zero-order chi connectivity index (χ0) is 11.8. The van der Waals surface area contributed by atoms with E-state index in [1.165, 1.54) is 34.9 Å². The monoisotopic (exact) mass is 295 g/mol. The standard InChI is InChI=1S/C14H18BrNO/c1-9-6-10(2-4-12(9)15)8-16-13-7-11-3-5-14(13)17-11/h2,4,6,11,13-14,16H,3,5,7-8H2,1H3. The Labute approximate surface area is 111 Å². The highest BCUT2D eigenvalue weighted by molar-refractivity contribution is 9.10. The number of halogens is 1. The van der Waals surface area contributed by atoms with Crippen molar-refractivity contribution in [2.24, 2.45) is 0 Å². The quantitative estimate of drug-likeness (QED) is 0.925. The highest BCUT2D eigenvalue weighted by Gasteiger charge is 2.40. The highest BCUT2D eigenvalue weighted by Crippen LogP contribution is 2.34. The average Bonchev–Trinajstić information content (AvgIpc) is 2.92. The normalized spacial score (nSPS) is 31.1. The lowest BCUT2D eigenvalue weighted by molar-refractivity contribution is 0.0973. The molecule has 17 heavy (non-hydrogen) atoms. The summed E-state index contributed by atoms with van der Waals surface area (Å²) in [6, 6.07) is 7.12. The largest absolute Gasteiger partial charge is 0.373 e. The second kappa shape index (κ2) is 4.71. The minimum absolute atomic E-state index is 0.469. The Bertz CT molecular complexity index is 421. The van der Waals surface area contributed by atoms with Gasteiger partial charge in [0, 0.05) is 17.1 Å². The van der Waals surface area contributed by atoms with Crippen LogP contribution in [0.2, 0.25) is 0 Å². The van der Waals surface area contributed by atoms with Gasteiger partial charge in [-0.2, -0.15) is 0 Å². The molecule has 2 heterocycles. The molecule has 1 aromatic rings. The van der Waals surface area contributed by atoms with Crippen LogP contribution in [-0.2, 0) is 11.3 Å². The van der Waals surface area contributed by atoms with Crippen LogP contribution in [0.25, 0.3) is 0 Å². The topological polar surface area (TPSA) is 21.3 Å². The van der Waals surface area contributed by atoms with E-state index in [1.54, 1.807) is 0 Å². The molecule has 0 saturated carbocycles. The Morgan fingerprint density at radius 1 is 1.41 bits per heavy atom. The Hall–Kier alpha value is -0.380. The van der Waals surface area contributed by atoms with E-state index in [4.69, 9.17) is 4.74 Å². The molecule has 3 atom stereocenters. The molecule has 0 amide bonds. The molecule has 0 radical (unpaired) electrons. The molecule has 0 aliphatic carbocycles. The average molecular weight is 296 g/mol. The van der Waals surface area contributed by atoms with Crippen LogP contribution in [0.4, 0.5) is 0 Å². The summed E-state index contributed by atoms with van der Waals surface area (Å²) in [5, 5.41) is 3.64. The number of hydrogen-bond donors (Lipinski definition) is 1. The number of rotatable bonds is 3. The van der Waals surface area contributed by atoms with E-state index in [1.807, 2.05) is 0 Å². The lowest BCUT2D eigenvalue weighted by Gasteiger charge is -2.20. The predicted octanol–water partition coefficient (Wildman–Crippen LogP) is 3.17. The van der Waals surface area contributed by atoms with Crippen LogP contribution in [-0.4, -0.2) is 18.2 Å². The molecular formula is C14H18BrNO. The first-order chi connectivity index (χ1) is 8.22. The van der Waals surface area contributed by atoms with Crippen LogP contribution in [0.15, 0.2) is 22.7 Å². The van der Waals surface area contributed by atoms with Crippen molar-refractivity contribution >= 4 is 15.9 Å². The van der Waals surface area contributed by atoms with Crippen molar-refractivity contribution in [3.8, 4) is 0 Å². The molecular weight excluding hydrogens is 278 g/mol. The van der Waals surface area contributed by atoms with Gasteiger partial charge in [0.1, 0.15) is 0 Å². The fraction of sp³-hybridized carbons (Fsp3) is 0.571. The van der Waals surface area contributed by atoms with E-state index in [0.717, 1.165) is 6.54 Å². The van der Waals surface area contributed by atoms with Crippen molar-refractivity contribution in [2.45, 2.75) is 51.0 Å². The summed E-state index contributed by atoms with van der Waals surface area (Å²) in [5.41, 5.74) is 2.65. The first-order valence-electron chi connectivity index (χ1n) is 6.36. The molecule has 2 aliphatic heterocycles. The maximum atomic E-state index is 5.85. The summed E-state index contributed by atoms with van der Waals surface area (Å²) in [5.74, 6) is 0. The molecule has 3 heteroatoms.